The molecule has 0 radical (unpaired) electrons. The zero-order valence-electron chi connectivity index (χ0n) is 11.1. The number of carboxylic acid groups (broad SMARTS) is 1. The van der Waals surface area contributed by atoms with Crippen molar-refractivity contribution in [2.24, 2.45) is 11.8 Å². The van der Waals surface area contributed by atoms with E-state index in [0.717, 1.165) is 5.56 Å². The molecule has 0 spiro atoms. The van der Waals surface area contributed by atoms with Crippen LogP contribution in [-0.2, 0) is 9.59 Å². The average Bonchev–Trinajstić information content (AvgIpc) is 2.42. The fourth-order valence-electron chi connectivity index (χ4n) is 2.32. The van der Waals surface area contributed by atoms with Crippen LogP contribution in [-0.4, -0.2) is 11.9 Å². The number of carbonyl (C=O) groups excluding carboxylic acids is 2. The average molecular weight is 293 g/mol. The molecule has 5 heteroatoms. The highest BCUT2D eigenvalue weighted by Crippen LogP contribution is 2.28. The molecule has 2 rings (SSSR count). The van der Waals surface area contributed by atoms with Crippen molar-refractivity contribution in [3.05, 3.63) is 40.9 Å². The number of aryl methyl sites for hydroxylation is 1. The number of anilines is 1. The SMILES string of the molecule is Cc1ccc(Cl)cc1NC(=O)C1CC=CCC1C(=O)[O-]. The molecule has 0 saturated heterocycles. The molecule has 1 aliphatic carbocycles. The number of aliphatic carboxylic acids is 1. The first-order valence-electron chi connectivity index (χ1n) is 6.42. The van der Waals surface area contributed by atoms with Crippen molar-refractivity contribution in [3.63, 3.8) is 0 Å². The summed E-state index contributed by atoms with van der Waals surface area (Å²) < 4.78 is 0. The summed E-state index contributed by atoms with van der Waals surface area (Å²) in [6.07, 6.45) is 4.34. The maximum absolute atomic E-state index is 12.3. The third-order valence-electron chi connectivity index (χ3n) is 3.53. The molecule has 0 bridgehead atoms. The number of hydrogen-bond donors (Lipinski definition) is 1. The number of benzene rings is 1. The number of hydrogen-bond acceptors (Lipinski definition) is 3. The Morgan fingerprint density at radius 3 is 2.55 bits per heavy atom. The number of rotatable bonds is 3. The molecule has 2 unspecified atom stereocenters. The van der Waals surface area contributed by atoms with Crippen LogP contribution in [0.1, 0.15) is 18.4 Å². The van der Waals surface area contributed by atoms with Crippen molar-refractivity contribution in [3.8, 4) is 0 Å². The summed E-state index contributed by atoms with van der Waals surface area (Å²) in [5, 5.41) is 14.4. The lowest BCUT2D eigenvalue weighted by molar-refractivity contribution is -0.313. The molecule has 1 amide bonds. The molecule has 4 nitrogen and oxygen atoms in total. The van der Waals surface area contributed by atoms with Crippen molar-refractivity contribution in [2.75, 3.05) is 5.32 Å². The summed E-state index contributed by atoms with van der Waals surface area (Å²) in [7, 11) is 0. The highest BCUT2D eigenvalue weighted by atomic mass is 35.5. The smallest absolute Gasteiger partial charge is 0.228 e. The third kappa shape index (κ3) is 3.20. The number of carbonyl (C=O) groups is 2. The van der Waals surface area contributed by atoms with E-state index in [1.165, 1.54) is 0 Å². The Kier molecular flexibility index (Phi) is 4.45. The van der Waals surface area contributed by atoms with Gasteiger partial charge in [-0.05, 0) is 37.5 Å². The van der Waals surface area contributed by atoms with Gasteiger partial charge in [0.2, 0.25) is 5.91 Å². The van der Waals surface area contributed by atoms with Crippen molar-refractivity contribution in [2.45, 2.75) is 19.8 Å². The van der Waals surface area contributed by atoms with Gasteiger partial charge in [0.05, 0.1) is 5.92 Å². The van der Waals surface area contributed by atoms with Crippen molar-refractivity contribution >= 4 is 29.2 Å². The Labute approximate surface area is 122 Å². The van der Waals surface area contributed by atoms with Gasteiger partial charge in [0.25, 0.3) is 0 Å². The van der Waals surface area contributed by atoms with Crippen LogP contribution in [0, 0.1) is 18.8 Å². The molecule has 1 aromatic carbocycles. The first-order valence-corrected chi connectivity index (χ1v) is 6.79. The quantitative estimate of drug-likeness (QED) is 0.865. The number of amides is 1. The Hall–Kier alpha value is -1.81. The standard InChI is InChI=1S/C15H16ClNO3/c1-9-6-7-10(16)8-13(9)17-14(18)11-4-2-3-5-12(11)15(19)20/h2-3,6-8,11-12H,4-5H2,1H3,(H,17,18)(H,19,20)/p-1. The first-order chi connectivity index (χ1) is 9.49. The first kappa shape index (κ1) is 14.6. The van der Waals surface area contributed by atoms with Crippen LogP contribution in [0.4, 0.5) is 5.69 Å². The van der Waals surface area contributed by atoms with E-state index in [1.54, 1.807) is 24.3 Å². The maximum atomic E-state index is 12.3. The summed E-state index contributed by atoms with van der Waals surface area (Å²) in [4.78, 5) is 23.4. The van der Waals surface area contributed by atoms with Crippen LogP contribution in [0.3, 0.4) is 0 Å². The Bertz CT molecular complexity index is 568. The van der Waals surface area contributed by atoms with E-state index >= 15 is 0 Å². The highest BCUT2D eigenvalue weighted by molar-refractivity contribution is 6.31. The predicted molar refractivity (Wildman–Crippen MR) is 75.2 cm³/mol. The number of allylic oxidation sites excluding steroid dienone is 2. The molecule has 0 aliphatic heterocycles. The van der Waals surface area contributed by atoms with E-state index in [4.69, 9.17) is 11.6 Å². The van der Waals surface area contributed by atoms with Crippen LogP contribution in [0.5, 0.6) is 0 Å². The number of nitrogens with one attached hydrogen (secondary N) is 1. The number of halogens is 1. The molecular weight excluding hydrogens is 278 g/mol. The van der Waals surface area contributed by atoms with Crippen LogP contribution in [0.2, 0.25) is 5.02 Å². The topological polar surface area (TPSA) is 69.2 Å². The normalized spacial score (nSPS) is 21.5. The lowest BCUT2D eigenvalue weighted by atomic mass is 9.82. The van der Waals surface area contributed by atoms with Crippen LogP contribution in [0.15, 0.2) is 30.4 Å². The molecular formula is C15H15ClNO3-. The Morgan fingerprint density at radius 1 is 1.25 bits per heavy atom. The van der Waals surface area contributed by atoms with Crippen molar-refractivity contribution < 1.29 is 14.7 Å². The molecule has 0 fully saturated rings. The van der Waals surface area contributed by atoms with E-state index in [2.05, 4.69) is 5.32 Å². The fraction of sp³-hybridized carbons (Fsp3) is 0.333. The molecule has 106 valence electrons. The Morgan fingerprint density at radius 2 is 1.90 bits per heavy atom. The van der Waals surface area contributed by atoms with E-state index in [1.807, 2.05) is 13.0 Å². The van der Waals surface area contributed by atoms with Gasteiger partial charge in [0, 0.05) is 22.6 Å². The Balaban J connectivity index is 2.16. The van der Waals surface area contributed by atoms with Crippen molar-refractivity contribution in [1.82, 2.24) is 0 Å². The molecule has 0 saturated carbocycles. The van der Waals surface area contributed by atoms with Gasteiger partial charge in [-0.1, -0.05) is 29.8 Å². The molecule has 1 N–H and O–H groups in total. The summed E-state index contributed by atoms with van der Waals surface area (Å²) >= 11 is 5.90. The summed E-state index contributed by atoms with van der Waals surface area (Å²) in [5.74, 6) is -2.88. The minimum Gasteiger partial charge on any atom is -0.550 e. The highest BCUT2D eigenvalue weighted by Gasteiger charge is 2.29. The third-order valence-corrected chi connectivity index (χ3v) is 3.76. The van der Waals surface area contributed by atoms with Crippen LogP contribution >= 0.6 is 11.6 Å². The van der Waals surface area contributed by atoms with E-state index in [-0.39, 0.29) is 5.91 Å². The van der Waals surface area contributed by atoms with Gasteiger partial charge in [-0.15, -0.1) is 0 Å². The molecule has 1 aromatic rings. The van der Waals surface area contributed by atoms with Gasteiger partial charge in [-0.3, -0.25) is 4.79 Å². The summed E-state index contributed by atoms with van der Waals surface area (Å²) in [6.45, 7) is 1.85. The maximum Gasteiger partial charge on any atom is 0.228 e. The zero-order chi connectivity index (χ0) is 14.7. The second kappa shape index (κ2) is 6.09. The fourth-order valence-corrected chi connectivity index (χ4v) is 2.49. The monoisotopic (exact) mass is 292 g/mol. The lowest BCUT2D eigenvalue weighted by Gasteiger charge is -2.28. The van der Waals surface area contributed by atoms with Gasteiger partial charge in [0.1, 0.15) is 0 Å². The zero-order valence-corrected chi connectivity index (χ0v) is 11.8. The molecule has 2 atom stereocenters. The molecule has 0 aromatic heterocycles. The van der Waals surface area contributed by atoms with Gasteiger partial charge >= 0.3 is 0 Å². The summed E-state index contributed by atoms with van der Waals surface area (Å²) in [5.41, 5.74) is 1.48. The van der Waals surface area contributed by atoms with Crippen LogP contribution in [0.25, 0.3) is 0 Å². The van der Waals surface area contributed by atoms with E-state index < -0.39 is 17.8 Å². The molecule has 20 heavy (non-hydrogen) atoms. The number of carboxylic acids is 1. The van der Waals surface area contributed by atoms with Gasteiger partial charge in [-0.25, -0.2) is 0 Å². The van der Waals surface area contributed by atoms with Gasteiger partial charge in [0.15, 0.2) is 0 Å². The lowest BCUT2D eigenvalue weighted by Crippen LogP contribution is -2.41. The second-order valence-corrected chi connectivity index (χ2v) is 5.36. The minimum absolute atomic E-state index is 0.311. The largest absolute Gasteiger partial charge is 0.550 e. The molecule has 0 heterocycles. The molecule has 1 aliphatic rings. The predicted octanol–water partition coefficient (Wildman–Crippen LogP) is 1.92. The van der Waals surface area contributed by atoms with E-state index in [0.29, 0.717) is 23.6 Å². The van der Waals surface area contributed by atoms with Crippen LogP contribution < -0.4 is 10.4 Å². The van der Waals surface area contributed by atoms with Gasteiger partial charge < -0.3 is 15.2 Å². The van der Waals surface area contributed by atoms with Gasteiger partial charge in [-0.2, -0.15) is 0 Å². The van der Waals surface area contributed by atoms with E-state index in [9.17, 15) is 14.7 Å². The summed E-state index contributed by atoms with van der Waals surface area (Å²) in [6, 6.07) is 5.19. The minimum atomic E-state index is -1.18. The van der Waals surface area contributed by atoms with Crippen molar-refractivity contribution in [1.29, 1.82) is 0 Å². The second-order valence-electron chi connectivity index (χ2n) is 4.92.